The molecule has 0 fully saturated rings. The van der Waals surface area contributed by atoms with E-state index in [2.05, 4.69) is 0 Å². The average molecular weight is 280 g/mol. The quantitative estimate of drug-likeness (QED) is 0.852. The summed E-state index contributed by atoms with van der Waals surface area (Å²) in [5.74, 6) is 0. The molecule has 2 aromatic carbocycles. The van der Waals surface area contributed by atoms with Crippen molar-refractivity contribution in [2.45, 2.75) is 13.8 Å². The summed E-state index contributed by atoms with van der Waals surface area (Å²) >= 11 is 0. The summed E-state index contributed by atoms with van der Waals surface area (Å²) in [6, 6.07) is 13.9. The average Bonchev–Trinajstić information content (AvgIpc) is 2.38. The maximum absolute atomic E-state index is 11.0. The van der Waals surface area contributed by atoms with Crippen molar-refractivity contribution in [2.75, 3.05) is 19.9 Å². The van der Waals surface area contributed by atoms with Gasteiger partial charge in [-0.25, -0.2) is 0 Å². The van der Waals surface area contributed by atoms with E-state index in [-0.39, 0.29) is 0 Å². The topological polar surface area (TPSA) is 38.7 Å². The predicted molar refractivity (Wildman–Crippen MR) is 81.9 cm³/mol. The van der Waals surface area contributed by atoms with Crippen LogP contribution in [0.2, 0.25) is 0 Å². The van der Waals surface area contributed by atoms with E-state index < -0.39 is 7.28 Å². The Morgan fingerprint density at radius 1 is 0.947 bits per heavy atom. The zero-order chi connectivity index (χ0) is 14.0. The molecule has 0 heterocycles. The Morgan fingerprint density at radius 2 is 1.53 bits per heavy atom. The van der Waals surface area contributed by atoms with Crippen molar-refractivity contribution in [1.29, 1.82) is 0 Å². The van der Waals surface area contributed by atoms with Crippen LogP contribution in [0.4, 0.5) is 0 Å². The first-order chi connectivity index (χ1) is 8.98. The fourth-order valence-electron chi connectivity index (χ4n) is 2.29. The SMILES string of the molecule is CCOP(C)(O)(OCC)c1ccc2ccccc2c1. The molecule has 0 unspecified atom stereocenters. The molecule has 0 atom stereocenters. The van der Waals surface area contributed by atoms with Crippen molar-refractivity contribution in [3.05, 3.63) is 42.5 Å². The zero-order valence-corrected chi connectivity index (χ0v) is 12.6. The van der Waals surface area contributed by atoms with Gasteiger partial charge < -0.3 is 0 Å². The van der Waals surface area contributed by atoms with E-state index >= 15 is 0 Å². The van der Waals surface area contributed by atoms with Crippen LogP contribution in [0.5, 0.6) is 0 Å². The van der Waals surface area contributed by atoms with E-state index in [1.807, 2.05) is 56.3 Å². The van der Waals surface area contributed by atoms with Gasteiger partial charge in [0, 0.05) is 0 Å². The molecule has 0 radical (unpaired) electrons. The maximum atomic E-state index is 11.0. The minimum absolute atomic E-state index is 0.414. The van der Waals surface area contributed by atoms with Gasteiger partial charge >= 0.3 is 113 Å². The van der Waals surface area contributed by atoms with Crippen LogP contribution in [0, 0.1) is 0 Å². The van der Waals surface area contributed by atoms with Crippen molar-refractivity contribution in [3.8, 4) is 0 Å². The van der Waals surface area contributed by atoms with Gasteiger partial charge in [-0.2, -0.15) is 0 Å². The second-order valence-electron chi connectivity index (χ2n) is 4.68. The molecular weight excluding hydrogens is 259 g/mol. The molecule has 0 aromatic heterocycles. The van der Waals surface area contributed by atoms with E-state index in [0.717, 1.165) is 16.1 Å². The van der Waals surface area contributed by atoms with Gasteiger partial charge in [-0.05, 0) is 0 Å². The van der Waals surface area contributed by atoms with Crippen LogP contribution >= 0.6 is 7.28 Å². The monoisotopic (exact) mass is 280 g/mol. The fourth-order valence-corrected chi connectivity index (χ4v) is 4.72. The van der Waals surface area contributed by atoms with E-state index in [0.29, 0.717) is 13.2 Å². The molecule has 0 bridgehead atoms. The van der Waals surface area contributed by atoms with E-state index in [4.69, 9.17) is 9.05 Å². The molecule has 0 aliphatic rings. The van der Waals surface area contributed by atoms with Crippen molar-refractivity contribution in [1.82, 2.24) is 0 Å². The second kappa shape index (κ2) is 5.18. The van der Waals surface area contributed by atoms with Gasteiger partial charge in [0.15, 0.2) is 0 Å². The van der Waals surface area contributed by atoms with Gasteiger partial charge in [-0.15, -0.1) is 0 Å². The summed E-state index contributed by atoms with van der Waals surface area (Å²) in [5.41, 5.74) is 0. The van der Waals surface area contributed by atoms with Crippen LogP contribution in [0.15, 0.2) is 42.5 Å². The summed E-state index contributed by atoms with van der Waals surface area (Å²) in [7, 11) is -3.72. The first kappa shape index (κ1) is 14.4. The first-order valence-corrected chi connectivity index (χ1v) is 9.01. The predicted octanol–water partition coefficient (Wildman–Crippen LogP) is 3.46. The number of hydrogen-bond donors (Lipinski definition) is 1. The molecule has 0 aliphatic carbocycles. The Balaban J connectivity index is 2.56. The molecule has 0 saturated carbocycles. The van der Waals surface area contributed by atoms with Gasteiger partial charge in [0.05, 0.1) is 0 Å². The van der Waals surface area contributed by atoms with Crippen LogP contribution in [0.25, 0.3) is 10.8 Å². The summed E-state index contributed by atoms with van der Waals surface area (Å²) in [6.45, 7) is 6.24. The normalized spacial score (nSPS) is 14.2. The minimum atomic E-state index is -3.72. The van der Waals surface area contributed by atoms with Gasteiger partial charge in [-0.3, -0.25) is 0 Å². The van der Waals surface area contributed by atoms with E-state index in [1.165, 1.54) is 0 Å². The first-order valence-electron chi connectivity index (χ1n) is 6.54. The Kier molecular flexibility index (Phi) is 3.93. The number of fused-ring (bicyclic) bond motifs is 1. The Labute approximate surface area is 114 Å². The summed E-state index contributed by atoms with van der Waals surface area (Å²) < 4.78 is 11.3. The standard InChI is InChI=1S/C15H21O3P/c1-4-17-19(3,16,18-5-2)15-11-10-13-8-6-7-9-14(13)12-15/h6-12,16H,4-5H2,1-3H3. The van der Waals surface area contributed by atoms with Crippen LogP contribution in [0.3, 0.4) is 0 Å². The molecule has 0 spiro atoms. The van der Waals surface area contributed by atoms with Gasteiger partial charge in [0.1, 0.15) is 0 Å². The Hall–Kier alpha value is -0.990. The summed E-state index contributed by atoms with van der Waals surface area (Å²) in [6.07, 6.45) is 0. The number of benzene rings is 2. The Morgan fingerprint density at radius 3 is 2.11 bits per heavy atom. The molecule has 2 rings (SSSR count). The van der Waals surface area contributed by atoms with Gasteiger partial charge in [0.25, 0.3) is 0 Å². The third-order valence-electron chi connectivity index (χ3n) is 3.18. The van der Waals surface area contributed by atoms with Crippen molar-refractivity contribution in [2.24, 2.45) is 0 Å². The third kappa shape index (κ3) is 2.80. The third-order valence-corrected chi connectivity index (χ3v) is 6.36. The van der Waals surface area contributed by atoms with Crippen LogP contribution in [0.1, 0.15) is 13.8 Å². The van der Waals surface area contributed by atoms with Gasteiger partial charge in [-0.1, -0.05) is 0 Å². The second-order valence-corrected chi connectivity index (χ2v) is 8.33. The fraction of sp³-hybridized carbons (Fsp3) is 0.333. The summed E-state index contributed by atoms with van der Waals surface area (Å²) in [5, 5.41) is 2.94. The molecule has 104 valence electrons. The Bertz CT molecular complexity index is 570. The van der Waals surface area contributed by atoms with Crippen LogP contribution in [-0.4, -0.2) is 24.8 Å². The number of rotatable bonds is 5. The molecule has 1 N–H and O–H groups in total. The van der Waals surface area contributed by atoms with Crippen LogP contribution < -0.4 is 5.30 Å². The molecule has 19 heavy (non-hydrogen) atoms. The van der Waals surface area contributed by atoms with Crippen molar-refractivity contribution < 1.29 is 13.9 Å². The zero-order valence-electron chi connectivity index (χ0n) is 11.7. The molecule has 2 aromatic rings. The van der Waals surface area contributed by atoms with Crippen molar-refractivity contribution >= 4 is 23.4 Å². The molecule has 0 aliphatic heterocycles. The van der Waals surface area contributed by atoms with E-state index in [9.17, 15) is 4.89 Å². The number of hydrogen-bond acceptors (Lipinski definition) is 3. The molecule has 0 saturated heterocycles. The molecule has 4 heteroatoms. The summed E-state index contributed by atoms with van der Waals surface area (Å²) in [4.78, 5) is 11.0. The molecule has 3 nitrogen and oxygen atoms in total. The molecular formula is C15H21O3P. The van der Waals surface area contributed by atoms with E-state index in [1.54, 1.807) is 6.66 Å². The van der Waals surface area contributed by atoms with Crippen LogP contribution in [-0.2, 0) is 9.05 Å². The van der Waals surface area contributed by atoms with Gasteiger partial charge in [0.2, 0.25) is 0 Å². The van der Waals surface area contributed by atoms with Crippen molar-refractivity contribution in [3.63, 3.8) is 0 Å². The molecule has 0 amide bonds.